The van der Waals surface area contributed by atoms with E-state index in [1.807, 2.05) is 33.2 Å². The van der Waals surface area contributed by atoms with Crippen molar-refractivity contribution in [2.45, 2.75) is 59.0 Å². The molecule has 1 aromatic heterocycles. The molecule has 0 bridgehead atoms. The normalized spacial score (nSPS) is 14.0. The summed E-state index contributed by atoms with van der Waals surface area (Å²) in [5, 5.41) is 3.25. The van der Waals surface area contributed by atoms with Crippen LogP contribution in [0.15, 0.2) is 12.4 Å². The lowest BCUT2D eigenvalue weighted by atomic mass is 9.97. The predicted octanol–water partition coefficient (Wildman–Crippen LogP) is 2.16. The lowest BCUT2D eigenvalue weighted by Crippen LogP contribution is -2.51. The molecule has 0 saturated heterocycles. The van der Waals surface area contributed by atoms with Crippen LogP contribution < -0.4 is 5.32 Å². The van der Waals surface area contributed by atoms with E-state index in [9.17, 15) is 4.79 Å². The number of ether oxygens (including phenoxy) is 1. The molecule has 5 nitrogen and oxygen atoms in total. The molecule has 0 aliphatic heterocycles. The lowest BCUT2D eigenvalue weighted by molar-refractivity contribution is -0.150. The number of nitrogens with one attached hydrogen (secondary N) is 1. The van der Waals surface area contributed by atoms with Crippen molar-refractivity contribution in [2.24, 2.45) is 0 Å². The zero-order chi connectivity index (χ0) is 15.0. The molecule has 20 heavy (non-hydrogen) atoms. The topological polar surface area (TPSA) is 56.2 Å². The van der Waals surface area contributed by atoms with Crippen molar-refractivity contribution in [3.8, 4) is 0 Å². The average Bonchev–Trinajstić information content (AvgIpc) is 2.85. The Bertz CT molecular complexity index is 417. The number of esters is 1. The highest BCUT2D eigenvalue weighted by Gasteiger charge is 2.33. The van der Waals surface area contributed by atoms with Gasteiger partial charge in [-0.2, -0.15) is 0 Å². The predicted molar refractivity (Wildman–Crippen MR) is 79.6 cm³/mol. The summed E-state index contributed by atoms with van der Waals surface area (Å²) in [6, 6.07) is 0. The third kappa shape index (κ3) is 4.34. The summed E-state index contributed by atoms with van der Waals surface area (Å²) >= 11 is 0. The molecule has 0 saturated carbocycles. The molecule has 1 N–H and O–H groups in total. The molecule has 0 aliphatic carbocycles. The number of likely N-dealkylation sites (N-methyl/N-ethyl adjacent to an activating group) is 1. The van der Waals surface area contributed by atoms with Crippen LogP contribution in [0.25, 0.3) is 0 Å². The van der Waals surface area contributed by atoms with E-state index >= 15 is 0 Å². The van der Waals surface area contributed by atoms with E-state index in [2.05, 4.69) is 21.8 Å². The fourth-order valence-electron chi connectivity index (χ4n) is 2.28. The van der Waals surface area contributed by atoms with E-state index in [0.717, 1.165) is 31.8 Å². The number of nitrogens with zero attached hydrogens (tertiary/aromatic N) is 2. The Labute approximate surface area is 121 Å². The van der Waals surface area contributed by atoms with Gasteiger partial charge in [-0.25, -0.2) is 4.98 Å². The molecule has 1 unspecified atom stereocenters. The summed E-state index contributed by atoms with van der Waals surface area (Å²) in [6.45, 7) is 9.78. The summed E-state index contributed by atoms with van der Waals surface area (Å²) in [5.41, 5.74) is -0.640. The van der Waals surface area contributed by atoms with Gasteiger partial charge in [0.2, 0.25) is 0 Å². The van der Waals surface area contributed by atoms with Crippen LogP contribution in [0.1, 0.15) is 46.4 Å². The van der Waals surface area contributed by atoms with Crippen molar-refractivity contribution in [3.05, 3.63) is 18.2 Å². The Kier molecular flexibility index (Phi) is 6.71. The monoisotopic (exact) mass is 281 g/mol. The molecule has 1 heterocycles. The van der Waals surface area contributed by atoms with E-state index in [-0.39, 0.29) is 5.97 Å². The maximum atomic E-state index is 12.1. The van der Waals surface area contributed by atoms with E-state index in [0.29, 0.717) is 13.0 Å². The first-order valence-electron chi connectivity index (χ1n) is 7.49. The minimum Gasteiger partial charge on any atom is -0.465 e. The highest BCUT2D eigenvalue weighted by molar-refractivity contribution is 5.80. The molecule has 0 aromatic carbocycles. The van der Waals surface area contributed by atoms with Crippen molar-refractivity contribution in [2.75, 3.05) is 13.2 Å². The van der Waals surface area contributed by atoms with Gasteiger partial charge in [-0.1, -0.05) is 13.8 Å². The first-order valence-corrected chi connectivity index (χ1v) is 7.49. The molecule has 5 heteroatoms. The summed E-state index contributed by atoms with van der Waals surface area (Å²) < 4.78 is 7.30. The Morgan fingerprint density at radius 2 is 2.20 bits per heavy atom. The van der Waals surface area contributed by atoms with Gasteiger partial charge in [0.05, 0.1) is 6.61 Å². The molecule has 0 amide bonds. The number of carbonyl (C=O) groups is 1. The number of rotatable bonds is 9. The second-order valence-corrected chi connectivity index (χ2v) is 5.12. The molecule has 1 rings (SSSR count). The first kappa shape index (κ1) is 16.7. The number of aryl methyl sites for hydroxylation is 2. The highest BCUT2D eigenvalue weighted by Crippen LogP contribution is 2.15. The van der Waals surface area contributed by atoms with Crippen molar-refractivity contribution in [1.82, 2.24) is 14.9 Å². The lowest BCUT2D eigenvalue weighted by Gasteiger charge is -2.28. The zero-order valence-electron chi connectivity index (χ0n) is 13.1. The van der Waals surface area contributed by atoms with Crippen molar-refractivity contribution in [1.29, 1.82) is 0 Å². The smallest absolute Gasteiger partial charge is 0.326 e. The number of carbonyl (C=O) groups excluding carboxylic acids is 1. The second-order valence-electron chi connectivity index (χ2n) is 5.12. The van der Waals surface area contributed by atoms with Crippen LogP contribution in [0.2, 0.25) is 0 Å². The van der Waals surface area contributed by atoms with Gasteiger partial charge in [0, 0.05) is 25.4 Å². The Morgan fingerprint density at radius 3 is 2.80 bits per heavy atom. The summed E-state index contributed by atoms with van der Waals surface area (Å²) in [7, 11) is 0. The Balaban J connectivity index is 2.71. The summed E-state index contributed by atoms with van der Waals surface area (Å²) in [4.78, 5) is 16.5. The summed E-state index contributed by atoms with van der Waals surface area (Å²) in [6.07, 6.45) is 6.51. The van der Waals surface area contributed by atoms with Crippen LogP contribution >= 0.6 is 0 Å². The van der Waals surface area contributed by atoms with Gasteiger partial charge < -0.3 is 14.6 Å². The molecule has 0 spiro atoms. The molecule has 0 fully saturated rings. The van der Waals surface area contributed by atoms with Crippen LogP contribution in [0.3, 0.4) is 0 Å². The van der Waals surface area contributed by atoms with E-state index in [1.165, 1.54) is 0 Å². The average molecular weight is 281 g/mol. The zero-order valence-corrected chi connectivity index (χ0v) is 13.1. The first-order chi connectivity index (χ1) is 9.57. The number of aromatic nitrogens is 2. The van der Waals surface area contributed by atoms with Crippen molar-refractivity contribution >= 4 is 5.97 Å². The van der Waals surface area contributed by atoms with Crippen LogP contribution in [0.5, 0.6) is 0 Å². The molecule has 1 atom stereocenters. The maximum absolute atomic E-state index is 12.1. The minimum absolute atomic E-state index is 0.181. The fraction of sp³-hybridized carbons (Fsp3) is 0.733. The van der Waals surface area contributed by atoms with E-state index in [4.69, 9.17) is 4.74 Å². The van der Waals surface area contributed by atoms with Crippen LogP contribution in [-0.4, -0.2) is 34.2 Å². The van der Waals surface area contributed by atoms with Gasteiger partial charge >= 0.3 is 5.97 Å². The third-order valence-corrected chi connectivity index (χ3v) is 3.42. The van der Waals surface area contributed by atoms with Gasteiger partial charge in [-0.3, -0.25) is 4.79 Å². The molecule has 1 aromatic rings. The molecule has 0 radical (unpaired) electrons. The quantitative estimate of drug-likeness (QED) is 0.705. The molecular formula is C15H27N3O2. The number of imidazole rings is 1. The number of hydrogen-bond donors (Lipinski definition) is 1. The van der Waals surface area contributed by atoms with Gasteiger partial charge in [0.1, 0.15) is 11.4 Å². The Morgan fingerprint density at radius 1 is 1.45 bits per heavy atom. The van der Waals surface area contributed by atoms with Crippen molar-refractivity contribution < 1.29 is 9.53 Å². The Hall–Kier alpha value is -1.36. The van der Waals surface area contributed by atoms with Crippen molar-refractivity contribution in [3.63, 3.8) is 0 Å². The highest BCUT2D eigenvalue weighted by atomic mass is 16.5. The van der Waals surface area contributed by atoms with Gasteiger partial charge in [-0.15, -0.1) is 0 Å². The molecule has 114 valence electrons. The number of hydrogen-bond acceptors (Lipinski definition) is 4. The fourth-order valence-corrected chi connectivity index (χ4v) is 2.28. The van der Waals surface area contributed by atoms with E-state index in [1.54, 1.807) is 0 Å². The third-order valence-electron chi connectivity index (χ3n) is 3.42. The summed E-state index contributed by atoms with van der Waals surface area (Å²) in [5.74, 6) is 0.897. The second kappa shape index (κ2) is 8.04. The largest absolute Gasteiger partial charge is 0.465 e. The van der Waals surface area contributed by atoms with Gasteiger partial charge in [0.15, 0.2) is 0 Å². The maximum Gasteiger partial charge on any atom is 0.326 e. The molecular weight excluding hydrogens is 254 g/mol. The van der Waals surface area contributed by atoms with Gasteiger partial charge in [-0.05, 0) is 33.2 Å². The van der Waals surface area contributed by atoms with Crippen LogP contribution in [-0.2, 0) is 22.5 Å². The van der Waals surface area contributed by atoms with Crippen LogP contribution in [0, 0.1) is 0 Å². The SMILES string of the molecule is CCCc1nccn1CCC(C)(NCC)C(=O)OCC. The van der Waals surface area contributed by atoms with Gasteiger partial charge in [0.25, 0.3) is 0 Å². The van der Waals surface area contributed by atoms with E-state index < -0.39 is 5.54 Å². The van der Waals surface area contributed by atoms with Crippen LogP contribution in [0.4, 0.5) is 0 Å². The molecule has 0 aliphatic rings. The standard InChI is InChI=1S/C15H27N3O2/c1-5-8-13-16-10-12-18(13)11-9-15(4,17-6-2)14(19)20-7-3/h10,12,17H,5-9,11H2,1-4H3. The minimum atomic E-state index is -0.640.